The summed E-state index contributed by atoms with van der Waals surface area (Å²) < 4.78 is 1.14. The second kappa shape index (κ2) is 5.17. The van der Waals surface area contributed by atoms with Crippen molar-refractivity contribution in [2.24, 2.45) is 0 Å². The van der Waals surface area contributed by atoms with Gasteiger partial charge in [0.15, 0.2) is 0 Å². The maximum atomic E-state index is 11.6. The van der Waals surface area contributed by atoms with E-state index in [4.69, 9.17) is 23.2 Å². The minimum absolute atomic E-state index is 0.0284. The van der Waals surface area contributed by atoms with Gasteiger partial charge in [0.1, 0.15) is 5.02 Å². The molecular weight excluding hydrogens is 259 g/mol. The minimum Gasteiger partial charge on any atom is -0.266 e. The molecule has 0 spiro atoms. The van der Waals surface area contributed by atoms with Crippen LogP contribution < -0.4 is 5.56 Å². The highest BCUT2D eigenvalue weighted by molar-refractivity contribution is 6.41. The molecule has 1 aromatic carbocycles. The van der Waals surface area contributed by atoms with Gasteiger partial charge in [-0.1, -0.05) is 53.5 Å². The molecule has 0 saturated heterocycles. The summed E-state index contributed by atoms with van der Waals surface area (Å²) in [5.41, 5.74) is 0.527. The minimum atomic E-state index is -0.439. The lowest BCUT2D eigenvalue weighted by Crippen LogP contribution is -2.18. The summed E-state index contributed by atoms with van der Waals surface area (Å²) >= 11 is 11.4. The van der Waals surface area contributed by atoms with Crippen LogP contribution in [0.25, 0.3) is 12.3 Å². The molecule has 0 N–H and O–H groups in total. The molecule has 0 saturated carbocycles. The van der Waals surface area contributed by atoms with E-state index < -0.39 is 5.56 Å². The second-order valence-corrected chi connectivity index (χ2v) is 4.07. The van der Waals surface area contributed by atoms with E-state index in [2.05, 4.69) is 5.10 Å². The maximum Gasteiger partial charge on any atom is 0.291 e. The molecule has 17 heavy (non-hydrogen) atoms. The van der Waals surface area contributed by atoms with Crippen LogP contribution in [0.2, 0.25) is 10.0 Å². The van der Waals surface area contributed by atoms with Crippen molar-refractivity contribution in [3.8, 4) is 0 Å². The number of rotatable bonds is 2. The Labute approximate surface area is 108 Å². The van der Waals surface area contributed by atoms with Crippen LogP contribution in [0.1, 0.15) is 5.56 Å². The monoisotopic (exact) mass is 266 g/mol. The van der Waals surface area contributed by atoms with E-state index in [9.17, 15) is 4.79 Å². The summed E-state index contributed by atoms with van der Waals surface area (Å²) in [5.74, 6) is 0. The van der Waals surface area contributed by atoms with Crippen molar-refractivity contribution < 1.29 is 0 Å². The van der Waals surface area contributed by atoms with Gasteiger partial charge < -0.3 is 0 Å². The molecule has 0 aliphatic rings. The molecule has 1 heterocycles. The van der Waals surface area contributed by atoms with Crippen molar-refractivity contribution in [3.63, 3.8) is 0 Å². The number of hydrogen-bond acceptors (Lipinski definition) is 2. The zero-order chi connectivity index (χ0) is 12.3. The summed E-state index contributed by atoms with van der Waals surface area (Å²) in [4.78, 5) is 11.6. The van der Waals surface area contributed by atoms with E-state index in [-0.39, 0.29) is 10.0 Å². The SMILES string of the molecule is O=c1c(Cl)c(Cl)cnn1/C=C\c1ccccc1. The van der Waals surface area contributed by atoms with Crippen LogP contribution in [0.5, 0.6) is 0 Å². The van der Waals surface area contributed by atoms with Gasteiger partial charge in [-0.25, -0.2) is 4.68 Å². The molecular formula is C12H8Cl2N2O. The molecule has 0 aliphatic carbocycles. The molecule has 2 rings (SSSR count). The van der Waals surface area contributed by atoms with Gasteiger partial charge in [-0.15, -0.1) is 0 Å². The number of halogens is 2. The van der Waals surface area contributed by atoms with Gasteiger partial charge >= 0.3 is 0 Å². The van der Waals surface area contributed by atoms with E-state index >= 15 is 0 Å². The Balaban J connectivity index is 2.35. The molecule has 3 nitrogen and oxygen atoms in total. The molecule has 1 aromatic heterocycles. The molecule has 5 heteroatoms. The lowest BCUT2D eigenvalue weighted by molar-refractivity contribution is 0.855. The predicted octanol–water partition coefficient (Wildman–Crippen LogP) is 3.18. The molecule has 0 fully saturated rings. The second-order valence-electron chi connectivity index (χ2n) is 3.28. The normalized spacial score (nSPS) is 10.9. The fourth-order valence-corrected chi connectivity index (χ4v) is 1.51. The topological polar surface area (TPSA) is 34.9 Å². The van der Waals surface area contributed by atoms with Gasteiger partial charge in [-0.3, -0.25) is 4.79 Å². The van der Waals surface area contributed by atoms with Crippen molar-refractivity contribution in [1.82, 2.24) is 9.78 Å². The zero-order valence-corrected chi connectivity index (χ0v) is 10.2. The van der Waals surface area contributed by atoms with Gasteiger partial charge in [0, 0.05) is 6.20 Å². The quantitative estimate of drug-likeness (QED) is 0.837. The third-order valence-corrected chi connectivity index (χ3v) is 2.86. The Morgan fingerprint density at radius 1 is 1.18 bits per heavy atom. The number of nitrogens with zero attached hydrogens (tertiary/aromatic N) is 2. The third-order valence-electron chi connectivity index (χ3n) is 2.11. The Hall–Kier alpha value is -1.58. The first-order valence-electron chi connectivity index (χ1n) is 4.84. The standard InChI is InChI=1S/C12H8Cl2N2O/c13-10-8-15-16(12(17)11(10)14)7-6-9-4-2-1-3-5-9/h1-8H/b7-6-. The first-order valence-corrected chi connectivity index (χ1v) is 5.60. The fourth-order valence-electron chi connectivity index (χ4n) is 1.25. The smallest absolute Gasteiger partial charge is 0.266 e. The highest BCUT2D eigenvalue weighted by atomic mass is 35.5. The summed E-state index contributed by atoms with van der Waals surface area (Å²) in [6, 6.07) is 9.56. The maximum absolute atomic E-state index is 11.6. The van der Waals surface area contributed by atoms with Gasteiger partial charge in [-0.2, -0.15) is 5.10 Å². The van der Waals surface area contributed by atoms with Crippen molar-refractivity contribution in [2.75, 3.05) is 0 Å². The number of aromatic nitrogens is 2. The van der Waals surface area contributed by atoms with Crippen molar-refractivity contribution >= 4 is 35.5 Å². The van der Waals surface area contributed by atoms with Crippen LogP contribution >= 0.6 is 23.2 Å². The number of hydrogen-bond donors (Lipinski definition) is 0. The average Bonchev–Trinajstić information content (AvgIpc) is 2.36. The van der Waals surface area contributed by atoms with Gasteiger partial charge in [0.2, 0.25) is 0 Å². The Bertz CT molecular complexity index is 606. The summed E-state index contributed by atoms with van der Waals surface area (Å²) in [6.45, 7) is 0. The van der Waals surface area contributed by atoms with E-state index in [1.807, 2.05) is 30.3 Å². The molecule has 0 aliphatic heterocycles. The van der Waals surface area contributed by atoms with Crippen LogP contribution in [0.4, 0.5) is 0 Å². The van der Waals surface area contributed by atoms with E-state index in [0.717, 1.165) is 10.2 Å². The lowest BCUT2D eigenvalue weighted by Gasteiger charge is -1.99. The van der Waals surface area contributed by atoms with Crippen molar-refractivity contribution in [2.45, 2.75) is 0 Å². The fraction of sp³-hybridized carbons (Fsp3) is 0. The molecule has 86 valence electrons. The highest BCUT2D eigenvalue weighted by Crippen LogP contribution is 2.14. The molecule has 0 amide bonds. The zero-order valence-electron chi connectivity index (χ0n) is 8.68. The van der Waals surface area contributed by atoms with Crippen LogP contribution in [0.3, 0.4) is 0 Å². The van der Waals surface area contributed by atoms with Gasteiger partial charge in [-0.05, 0) is 11.6 Å². The summed E-state index contributed by atoms with van der Waals surface area (Å²) in [5, 5.41) is 3.98. The van der Waals surface area contributed by atoms with Crippen LogP contribution in [-0.2, 0) is 0 Å². The van der Waals surface area contributed by atoms with Gasteiger partial charge in [0.25, 0.3) is 5.56 Å². The predicted molar refractivity (Wildman–Crippen MR) is 70.2 cm³/mol. The Morgan fingerprint density at radius 2 is 1.88 bits per heavy atom. The van der Waals surface area contributed by atoms with Crippen molar-refractivity contribution in [1.29, 1.82) is 0 Å². The molecule has 0 radical (unpaired) electrons. The Kier molecular flexibility index (Phi) is 3.61. The summed E-state index contributed by atoms with van der Waals surface area (Å²) in [6.07, 6.45) is 4.64. The largest absolute Gasteiger partial charge is 0.291 e. The molecule has 0 bridgehead atoms. The third kappa shape index (κ3) is 2.75. The van der Waals surface area contributed by atoms with Crippen LogP contribution in [-0.4, -0.2) is 9.78 Å². The van der Waals surface area contributed by atoms with Crippen molar-refractivity contribution in [3.05, 3.63) is 62.5 Å². The number of benzene rings is 1. The highest BCUT2D eigenvalue weighted by Gasteiger charge is 2.04. The Morgan fingerprint density at radius 3 is 2.59 bits per heavy atom. The van der Waals surface area contributed by atoms with E-state index in [1.54, 1.807) is 12.3 Å². The first-order chi connectivity index (χ1) is 8.18. The lowest BCUT2D eigenvalue weighted by atomic mass is 10.2. The van der Waals surface area contributed by atoms with E-state index in [0.29, 0.717) is 0 Å². The molecule has 2 aromatic rings. The molecule has 0 atom stereocenters. The van der Waals surface area contributed by atoms with Crippen LogP contribution in [0, 0.1) is 0 Å². The van der Waals surface area contributed by atoms with E-state index in [1.165, 1.54) is 6.20 Å². The average molecular weight is 267 g/mol. The first kappa shape index (κ1) is 11.9. The van der Waals surface area contributed by atoms with Crippen LogP contribution in [0.15, 0.2) is 41.3 Å². The molecule has 0 unspecified atom stereocenters. The summed E-state index contributed by atoms with van der Waals surface area (Å²) in [7, 11) is 0. The van der Waals surface area contributed by atoms with Gasteiger partial charge in [0.05, 0.1) is 11.2 Å².